The van der Waals surface area contributed by atoms with Crippen LogP contribution in [0.3, 0.4) is 0 Å². The maximum Gasteiger partial charge on any atom is 0.225 e. The maximum absolute atomic E-state index is 11.9. The van der Waals surface area contributed by atoms with Crippen LogP contribution in [-0.4, -0.2) is 43.2 Å². The highest BCUT2D eigenvalue weighted by molar-refractivity contribution is 5.79. The lowest BCUT2D eigenvalue weighted by atomic mass is 9.96. The fraction of sp³-hybridized carbons (Fsp3) is 0.889. The predicted octanol–water partition coefficient (Wildman–Crippen LogP) is 0.934. The molecule has 15 heavy (non-hydrogen) atoms. The number of hydrogen-bond acceptors (Lipinski definition) is 3. The second-order valence-electron chi connectivity index (χ2n) is 3.99. The van der Waals surface area contributed by atoms with E-state index >= 15 is 0 Å². The molecule has 82 valence electrons. The molecular formula is C9H14N4O2. The maximum atomic E-state index is 11.9. The van der Waals surface area contributed by atoms with Gasteiger partial charge >= 0.3 is 0 Å². The second-order valence-corrected chi connectivity index (χ2v) is 3.99. The Labute approximate surface area is 87.8 Å². The Bertz CT molecular complexity index is 288. The highest BCUT2D eigenvalue weighted by Gasteiger charge is 2.34. The molecule has 0 spiro atoms. The largest absolute Gasteiger partial charge is 0.381 e. The van der Waals surface area contributed by atoms with E-state index in [0.717, 1.165) is 12.8 Å². The zero-order chi connectivity index (χ0) is 10.7. The topological polar surface area (TPSA) is 78.3 Å². The molecule has 6 nitrogen and oxygen atoms in total. The average Bonchev–Trinajstić information content (AvgIpc) is 2.23. The molecular weight excluding hydrogens is 196 g/mol. The van der Waals surface area contributed by atoms with Crippen LogP contribution in [0.25, 0.3) is 10.4 Å². The van der Waals surface area contributed by atoms with Crippen molar-refractivity contribution in [3.63, 3.8) is 0 Å². The average molecular weight is 210 g/mol. The van der Waals surface area contributed by atoms with Gasteiger partial charge in [-0.1, -0.05) is 5.11 Å². The number of azide groups is 1. The van der Waals surface area contributed by atoms with Crippen LogP contribution in [0.5, 0.6) is 0 Å². The summed E-state index contributed by atoms with van der Waals surface area (Å²) in [7, 11) is 0. The van der Waals surface area contributed by atoms with E-state index in [9.17, 15) is 4.79 Å². The van der Waals surface area contributed by atoms with E-state index < -0.39 is 0 Å². The van der Waals surface area contributed by atoms with Gasteiger partial charge in [0.05, 0.1) is 6.04 Å². The monoisotopic (exact) mass is 210 g/mol. The number of amides is 1. The number of likely N-dealkylation sites (tertiary alicyclic amines) is 1. The fourth-order valence-corrected chi connectivity index (χ4v) is 1.98. The number of nitrogens with zero attached hydrogens (tertiary/aromatic N) is 4. The molecule has 0 N–H and O–H groups in total. The van der Waals surface area contributed by atoms with Gasteiger partial charge in [-0.2, -0.15) is 0 Å². The summed E-state index contributed by atoms with van der Waals surface area (Å²) in [6, 6.07) is -0.0150. The highest BCUT2D eigenvalue weighted by Crippen LogP contribution is 2.21. The number of hydrogen-bond donors (Lipinski definition) is 0. The van der Waals surface area contributed by atoms with Crippen molar-refractivity contribution in [2.45, 2.75) is 18.9 Å². The van der Waals surface area contributed by atoms with Crippen molar-refractivity contribution >= 4 is 5.91 Å². The van der Waals surface area contributed by atoms with Gasteiger partial charge in [-0.15, -0.1) is 0 Å². The van der Waals surface area contributed by atoms with Crippen LogP contribution in [0, 0.1) is 5.92 Å². The molecule has 0 bridgehead atoms. The lowest BCUT2D eigenvalue weighted by Gasteiger charge is -2.39. The van der Waals surface area contributed by atoms with Crippen molar-refractivity contribution in [3.8, 4) is 0 Å². The van der Waals surface area contributed by atoms with Gasteiger partial charge in [0.1, 0.15) is 0 Å². The predicted molar refractivity (Wildman–Crippen MR) is 53.1 cm³/mol. The minimum absolute atomic E-state index is 0.0150. The van der Waals surface area contributed by atoms with Crippen molar-refractivity contribution in [3.05, 3.63) is 10.4 Å². The Morgan fingerprint density at radius 2 is 2.07 bits per heavy atom. The minimum Gasteiger partial charge on any atom is -0.381 e. The summed E-state index contributed by atoms with van der Waals surface area (Å²) in [5.41, 5.74) is 8.21. The first-order valence-corrected chi connectivity index (χ1v) is 5.22. The SMILES string of the molecule is [N-]=[N+]=NC1CN(C(=O)C2CCOCC2)C1. The molecule has 1 amide bonds. The van der Waals surface area contributed by atoms with Gasteiger partial charge in [-0.25, -0.2) is 0 Å². The molecule has 2 fully saturated rings. The lowest BCUT2D eigenvalue weighted by Crippen LogP contribution is -2.54. The first-order chi connectivity index (χ1) is 7.31. The summed E-state index contributed by atoms with van der Waals surface area (Å²) in [5, 5.41) is 3.57. The van der Waals surface area contributed by atoms with Crippen LogP contribution in [0.15, 0.2) is 5.11 Å². The molecule has 0 aromatic heterocycles. The minimum atomic E-state index is -0.0150. The molecule has 2 heterocycles. The zero-order valence-electron chi connectivity index (χ0n) is 8.50. The van der Waals surface area contributed by atoms with Crippen molar-refractivity contribution < 1.29 is 9.53 Å². The normalized spacial score (nSPS) is 23.1. The van der Waals surface area contributed by atoms with Crippen molar-refractivity contribution in [1.82, 2.24) is 4.90 Å². The molecule has 0 aromatic rings. The Morgan fingerprint density at radius 1 is 1.40 bits per heavy atom. The van der Waals surface area contributed by atoms with Crippen LogP contribution >= 0.6 is 0 Å². The summed E-state index contributed by atoms with van der Waals surface area (Å²) < 4.78 is 5.20. The molecule has 0 saturated carbocycles. The van der Waals surface area contributed by atoms with Crippen LogP contribution in [-0.2, 0) is 9.53 Å². The van der Waals surface area contributed by atoms with Crippen LogP contribution < -0.4 is 0 Å². The van der Waals surface area contributed by atoms with E-state index in [4.69, 9.17) is 10.3 Å². The van der Waals surface area contributed by atoms with Gasteiger partial charge in [0.25, 0.3) is 0 Å². The first-order valence-electron chi connectivity index (χ1n) is 5.22. The summed E-state index contributed by atoms with van der Waals surface area (Å²) >= 11 is 0. The molecule has 0 radical (unpaired) electrons. The molecule has 6 heteroatoms. The Hall–Kier alpha value is -1.26. The molecule has 2 rings (SSSR count). The van der Waals surface area contributed by atoms with E-state index in [1.165, 1.54) is 0 Å². The number of rotatable bonds is 2. The van der Waals surface area contributed by atoms with E-state index in [1.54, 1.807) is 4.90 Å². The van der Waals surface area contributed by atoms with Gasteiger partial charge < -0.3 is 9.64 Å². The molecule has 0 aromatic carbocycles. The Kier molecular flexibility index (Phi) is 3.08. The standard InChI is InChI=1S/C9H14N4O2/c10-12-11-8-5-13(6-8)9(14)7-1-3-15-4-2-7/h7-8H,1-6H2. The summed E-state index contributed by atoms with van der Waals surface area (Å²) in [4.78, 5) is 16.4. The molecule has 2 saturated heterocycles. The Morgan fingerprint density at radius 3 is 2.67 bits per heavy atom. The highest BCUT2D eigenvalue weighted by atomic mass is 16.5. The summed E-state index contributed by atoms with van der Waals surface area (Å²) in [6.45, 7) is 2.54. The number of carbonyl (C=O) groups excluding carboxylic acids is 1. The van der Waals surface area contributed by atoms with Crippen LogP contribution in [0.1, 0.15) is 12.8 Å². The Balaban J connectivity index is 1.80. The molecule has 2 aliphatic rings. The third-order valence-corrected chi connectivity index (χ3v) is 2.96. The van der Waals surface area contributed by atoms with E-state index in [1.807, 2.05) is 0 Å². The van der Waals surface area contributed by atoms with E-state index in [2.05, 4.69) is 10.0 Å². The van der Waals surface area contributed by atoms with Crippen LogP contribution in [0.4, 0.5) is 0 Å². The van der Waals surface area contributed by atoms with Gasteiger partial charge in [0.15, 0.2) is 0 Å². The van der Waals surface area contributed by atoms with Gasteiger partial charge in [0, 0.05) is 37.1 Å². The van der Waals surface area contributed by atoms with Crippen molar-refractivity contribution in [2.24, 2.45) is 11.0 Å². The number of carbonyl (C=O) groups is 1. The van der Waals surface area contributed by atoms with Gasteiger partial charge in [0.2, 0.25) is 5.91 Å². The lowest BCUT2D eigenvalue weighted by molar-refractivity contribution is -0.142. The number of ether oxygens (including phenoxy) is 1. The van der Waals surface area contributed by atoms with E-state index in [0.29, 0.717) is 26.3 Å². The smallest absolute Gasteiger partial charge is 0.225 e. The van der Waals surface area contributed by atoms with Crippen molar-refractivity contribution in [2.75, 3.05) is 26.3 Å². The fourth-order valence-electron chi connectivity index (χ4n) is 1.98. The first kappa shape index (κ1) is 10.3. The summed E-state index contributed by atoms with van der Waals surface area (Å²) in [5.74, 6) is 0.313. The third kappa shape index (κ3) is 2.22. The quantitative estimate of drug-likeness (QED) is 0.386. The van der Waals surface area contributed by atoms with Gasteiger partial charge in [-0.3, -0.25) is 4.79 Å². The van der Waals surface area contributed by atoms with Crippen molar-refractivity contribution in [1.29, 1.82) is 0 Å². The van der Waals surface area contributed by atoms with E-state index in [-0.39, 0.29) is 17.9 Å². The van der Waals surface area contributed by atoms with Crippen LogP contribution in [0.2, 0.25) is 0 Å². The molecule has 0 aliphatic carbocycles. The third-order valence-electron chi connectivity index (χ3n) is 2.96. The molecule has 0 atom stereocenters. The molecule has 0 unspecified atom stereocenters. The second kappa shape index (κ2) is 4.51. The van der Waals surface area contributed by atoms with Gasteiger partial charge in [-0.05, 0) is 18.4 Å². The summed E-state index contributed by atoms with van der Waals surface area (Å²) in [6.07, 6.45) is 1.64. The zero-order valence-corrected chi connectivity index (χ0v) is 8.50. The molecule has 2 aliphatic heterocycles.